The van der Waals surface area contributed by atoms with Gasteiger partial charge in [0.25, 0.3) is 0 Å². The van der Waals surface area contributed by atoms with Gasteiger partial charge in [0.15, 0.2) is 0 Å². The van der Waals surface area contributed by atoms with Crippen LogP contribution in [-0.2, 0) is 23.7 Å². The fraction of sp³-hybridized carbons (Fsp3) is 0.632. The van der Waals surface area contributed by atoms with Crippen molar-refractivity contribution in [3.63, 3.8) is 0 Å². The van der Waals surface area contributed by atoms with Crippen LogP contribution in [0.15, 0.2) is 28.7 Å². The van der Waals surface area contributed by atoms with E-state index >= 15 is 0 Å². The quantitative estimate of drug-likeness (QED) is 0.769. The smallest absolute Gasteiger partial charge is 0.298 e. The average Bonchev–Trinajstić information content (AvgIpc) is 3.07. The van der Waals surface area contributed by atoms with Crippen LogP contribution in [0.2, 0.25) is 0 Å². The van der Waals surface area contributed by atoms with Crippen molar-refractivity contribution < 1.29 is 17.4 Å². The molecule has 3 nitrogen and oxygen atoms in total. The second-order valence-corrected chi connectivity index (χ2v) is 10.1. The summed E-state index contributed by atoms with van der Waals surface area (Å²) >= 11 is 0. The summed E-state index contributed by atoms with van der Waals surface area (Å²) in [5, 5.41) is 0. The van der Waals surface area contributed by atoms with E-state index in [2.05, 4.69) is 9.30 Å². The number of likely N-dealkylation sites (tertiary alicyclic amines) is 1. The molecule has 1 aromatic rings. The highest BCUT2D eigenvalue weighted by atomic mass is 32.2. The van der Waals surface area contributed by atoms with Crippen LogP contribution < -0.4 is 0 Å². The summed E-state index contributed by atoms with van der Waals surface area (Å²) in [5.41, 5.74) is 1.10. The molecule has 3 rings (SSSR count). The summed E-state index contributed by atoms with van der Waals surface area (Å²) in [6, 6.07) is 5.55. The zero-order chi connectivity index (χ0) is 19.1. The van der Waals surface area contributed by atoms with Gasteiger partial charge in [0.2, 0.25) is 0 Å². The number of benzene rings is 1. The number of hydrogen-bond acceptors (Lipinski definition) is 2. The summed E-state index contributed by atoms with van der Waals surface area (Å²) in [4.78, 5) is 2.19. The van der Waals surface area contributed by atoms with Gasteiger partial charge in [-0.1, -0.05) is 18.2 Å². The van der Waals surface area contributed by atoms with E-state index in [0.29, 0.717) is 18.0 Å². The molecule has 3 unspecified atom stereocenters. The second kappa shape index (κ2) is 7.08. The first-order valence-electron chi connectivity index (χ1n) is 8.92. The normalized spacial score (nSPS) is 27.1. The first-order valence-corrected chi connectivity index (χ1v) is 10.0. The van der Waals surface area contributed by atoms with Gasteiger partial charge in [-0.05, 0) is 51.2 Å². The van der Waals surface area contributed by atoms with Gasteiger partial charge >= 0.3 is 6.18 Å². The Balaban J connectivity index is 1.68. The van der Waals surface area contributed by atoms with Gasteiger partial charge in [-0.25, -0.2) is 4.21 Å². The summed E-state index contributed by atoms with van der Waals surface area (Å²) in [6.07, 6.45) is -2.41. The van der Waals surface area contributed by atoms with E-state index in [1.165, 1.54) is 12.1 Å². The Morgan fingerprint density at radius 1 is 1.23 bits per heavy atom. The lowest BCUT2D eigenvalue weighted by Crippen LogP contribution is -2.25. The van der Waals surface area contributed by atoms with Crippen molar-refractivity contribution >= 4 is 16.7 Å². The fourth-order valence-corrected chi connectivity index (χ4v) is 4.45. The monoisotopic (exact) mass is 386 g/mol. The molecule has 7 heteroatoms. The van der Waals surface area contributed by atoms with Crippen LogP contribution in [0.5, 0.6) is 0 Å². The number of hydrogen-bond donors (Lipinski definition) is 0. The van der Waals surface area contributed by atoms with Crippen molar-refractivity contribution in [1.82, 2.24) is 4.90 Å². The molecule has 2 fully saturated rings. The maximum Gasteiger partial charge on any atom is 0.416 e. The number of nitrogens with zero attached hydrogens (tertiary/aromatic N) is 2. The van der Waals surface area contributed by atoms with E-state index in [1.807, 2.05) is 20.8 Å². The van der Waals surface area contributed by atoms with Gasteiger partial charge in [0.1, 0.15) is 11.0 Å². The van der Waals surface area contributed by atoms with Crippen molar-refractivity contribution in [3.05, 3.63) is 35.4 Å². The zero-order valence-electron chi connectivity index (χ0n) is 15.3. The van der Waals surface area contributed by atoms with Crippen LogP contribution in [0.25, 0.3) is 0 Å². The lowest BCUT2D eigenvalue weighted by molar-refractivity contribution is -0.137. The van der Waals surface area contributed by atoms with E-state index < -0.39 is 22.7 Å². The van der Waals surface area contributed by atoms with Crippen LogP contribution in [0.1, 0.15) is 44.7 Å². The molecule has 0 N–H and O–H groups in total. The molecule has 2 aliphatic rings. The van der Waals surface area contributed by atoms with Gasteiger partial charge in [0, 0.05) is 31.3 Å². The molecule has 26 heavy (non-hydrogen) atoms. The van der Waals surface area contributed by atoms with E-state index in [9.17, 15) is 17.4 Å². The predicted octanol–water partition coefficient (Wildman–Crippen LogP) is 4.45. The summed E-state index contributed by atoms with van der Waals surface area (Å²) in [7, 11) is -1.25. The van der Waals surface area contributed by atoms with Crippen LogP contribution in [0, 0.1) is 11.8 Å². The predicted molar refractivity (Wildman–Crippen MR) is 98.3 cm³/mol. The molecule has 1 heterocycles. The maximum absolute atomic E-state index is 12.9. The number of fused-ring (bicyclic) bond motifs is 1. The third-order valence-corrected chi connectivity index (χ3v) is 6.55. The van der Waals surface area contributed by atoms with Crippen LogP contribution >= 0.6 is 0 Å². The molecule has 1 aliphatic heterocycles. The Kier molecular flexibility index (Phi) is 5.32. The minimum Gasteiger partial charge on any atom is -0.298 e. The molecule has 144 valence electrons. The lowest BCUT2D eigenvalue weighted by atomic mass is 10.00. The first-order chi connectivity index (χ1) is 12.0. The van der Waals surface area contributed by atoms with E-state index in [1.54, 1.807) is 6.07 Å². The molecule has 1 saturated carbocycles. The summed E-state index contributed by atoms with van der Waals surface area (Å²) < 4.78 is 55.1. The lowest BCUT2D eigenvalue weighted by Gasteiger charge is -2.18. The number of halogens is 3. The van der Waals surface area contributed by atoms with Crippen molar-refractivity contribution in [2.45, 2.75) is 51.1 Å². The van der Waals surface area contributed by atoms with Gasteiger partial charge in [-0.3, -0.25) is 4.90 Å². The van der Waals surface area contributed by atoms with Crippen LogP contribution in [0.4, 0.5) is 13.2 Å². The van der Waals surface area contributed by atoms with Gasteiger partial charge in [-0.2, -0.15) is 17.6 Å². The molecule has 3 atom stereocenters. The molecular formula is C19H25F3N2OS. The molecule has 0 aromatic heterocycles. The van der Waals surface area contributed by atoms with Crippen molar-refractivity contribution in [2.75, 3.05) is 13.1 Å². The Morgan fingerprint density at radius 2 is 1.96 bits per heavy atom. The average molecular weight is 386 g/mol. The fourth-order valence-electron chi connectivity index (χ4n) is 3.74. The molecule has 1 saturated heterocycles. The van der Waals surface area contributed by atoms with Gasteiger partial charge in [0.05, 0.1) is 10.3 Å². The molecule has 1 aliphatic carbocycles. The minimum atomic E-state index is -4.31. The maximum atomic E-state index is 12.9. The number of alkyl halides is 3. The van der Waals surface area contributed by atoms with E-state index in [-0.39, 0.29) is 10.7 Å². The third kappa shape index (κ3) is 4.36. The van der Waals surface area contributed by atoms with Crippen molar-refractivity contribution in [2.24, 2.45) is 16.2 Å². The van der Waals surface area contributed by atoms with E-state index in [4.69, 9.17) is 0 Å². The van der Waals surface area contributed by atoms with Crippen molar-refractivity contribution in [3.8, 4) is 0 Å². The minimum absolute atomic E-state index is 0.284. The molecule has 0 spiro atoms. The molecule has 0 bridgehead atoms. The van der Waals surface area contributed by atoms with Crippen LogP contribution in [0.3, 0.4) is 0 Å². The highest BCUT2D eigenvalue weighted by Crippen LogP contribution is 2.38. The first kappa shape index (κ1) is 19.5. The zero-order valence-corrected chi connectivity index (χ0v) is 16.2. The Hall–Kier alpha value is -1.21. The molecule has 0 radical (unpaired) electrons. The van der Waals surface area contributed by atoms with Gasteiger partial charge in [-0.15, -0.1) is 0 Å². The summed E-state index contributed by atoms with van der Waals surface area (Å²) in [5.74, 6) is 0.753. The molecule has 0 amide bonds. The Labute approximate surface area is 155 Å². The van der Waals surface area contributed by atoms with Gasteiger partial charge < -0.3 is 0 Å². The van der Waals surface area contributed by atoms with Crippen molar-refractivity contribution in [1.29, 1.82) is 0 Å². The highest BCUT2D eigenvalue weighted by Gasteiger charge is 2.41. The number of rotatable bonds is 3. The van der Waals surface area contributed by atoms with Crippen LogP contribution in [-0.4, -0.2) is 32.7 Å². The SMILES string of the molecule is CC(C)(C)S(=O)N=C1CCC2CN(Cc3cccc(C(F)(F)F)c3)CC12. The second-order valence-electron chi connectivity index (χ2n) is 8.24. The largest absolute Gasteiger partial charge is 0.416 e. The molecular weight excluding hydrogens is 361 g/mol. The topological polar surface area (TPSA) is 32.7 Å². The standard InChI is InChI=1S/C19H25F3N2OS/c1-18(2,3)26(25)23-17-8-7-14-11-24(12-16(14)17)10-13-5-4-6-15(9-13)19(20,21)22/h4-6,9,14,16H,7-8,10-12H2,1-3H3. The Morgan fingerprint density at radius 3 is 2.62 bits per heavy atom. The Bertz CT molecular complexity index is 724. The molecule has 1 aromatic carbocycles. The third-order valence-electron chi connectivity index (χ3n) is 5.10. The summed E-state index contributed by atoms with van der Waals surface area (Å²) in [6.45, 7) is 7.88. The highest BCUT2D eigenvalue weighted by molar-refractivity contribution is 7.85. The van der Waals surface area contributed by atoms with E-state index in [0.717, 1.165) is 37.7 Å².